The molecule has 6 heteroatoms. The fraction of sp³-hybridized carbons (Fsp3) is 0.300. The molecule has 1 N–H and O–H groups in total. The average Bonchev–Trinajstić information content (AvgIpc) is 2.62. The molecule has 0 aliphatic rings. The molecule has 0 fully saturated rings. The fourth-order valence-electron chi connectivity index (χ4n) is 2.26. The summed E-state index contributed by atoms with van der Waals surface area (Å²) in [5.41, 5.74) is 0.0399. The maximum atomic E-state index is 12.4. The molecule has 0 aliphatic carbocycles. The lowest BCUT2D eigenvalue weighted by atomic mass is 10.0. The molecule has 2 rings (SSSR count). The lowest BCUT2D eigenvalue weighted by Gasteiger charge is -2.25. The van der Waals surface area contributed by atoms with Crippen LogP contribution in [0.4, 0.5) is 0 Å². The minimum Gasteiger partial charge on any atom is -0.478 e. The number of methoxy groups -OCH3 is 1. The normalized spacial score (nSPS) is 11.1. The molecule has 0 spiro atoms. The topological polar surface area (TPSA) is 64.6 Å². The monoisotopic (exact) mass is 375 g/mol. The van der Waals surface area contributed by atoms with Gasteiger partial charge in [-0.1, -0.05) is 11.6 Å². The van der Waals surface area contributed by atoms with Gasteiger partial charge in [0.2, 0.25) is 0 Å². The van der Waals surface area contributed by atoms with Gasteiger partial charge in [0.05, 0.1) is 6.61 Å². The predicted octanol–water partition coefficient (Wildman–Crippen LogP) is 3.49. The molecule has 0 aliphatic heterocycles. The Balaban J connectivity index is 2.03. The van der Waals surface area contributed by atoms with Crippen molar-refractivity contribution in [2.75, 3.05) is 20.3 Å². The van der Waals surface area contributed by atoms with Gasteiger partial charge in [-0.3, -0.25) is 9.59 Å². The highest BCUT2D eigenvalue weighted by atomic mass is 35.5. The average molecular weight is 376 g/mol. The smallest absolute Gasteiger partial charge is 0.263 e. The van der Waals surface area contributed by atoms with Crippen LogP contribution in [-0.4, -0.2) is 37.6 Å². The van der Waals surface area contributed by atoms with Gasteiger partial charge in [-0.2, -0.15) is 0 Å². The molecule has 0 unspecified atom stereocenters. The fourth-order valence-corrected chi connectivity index (χ4v) is 2.39. The van der Waals surface area contributed by atoms with Gasteiger partial charge in [-0.05, 0) is 62.4 Å². The van der Waals surface area contributed by atoms with Gasteiger partial charge in [-0.25, -0.2) is 0 Å². The van der Waals surface area contributed by atoms with Crippen molar-refractivity contribution in [2.45, 2.75) is 19.4 Å². The third-order valence-electron chi connectivity index (χ3n) is 3.73. The zero-order valence-corrected chi connectivity index (χ0v) is 15.8. The van der Waals surface area contributed by atoms with Crippen LogP contribution in [0.15, 0.2) is 48.5 Å². The summed E-state index contributed by atoms with van der Waals surface area (Å²) in [7, 11) is 1.57. The van der Waals surface area contributed by atoms with Crippen molar-refractivity contribution in [2.24, 2.45) is 0 Å². The summed E-state index contributed by atoms with van der Waals surface area (Å²) in [6, 6.07) is 13.4. The van der Waals surface area contributed by atoms with E-state index in [1.807, 2.05) is 0 Å². The Morgan fingerprint density at radius 2 is 1.54 bits per heavy atom. The Morgan fingerprint density at radius 1 is 1.00 bits per heavy atom. The minimum absolute atomic E-state index is 0.107. The van der Waals surface area contributed by atoms with Crippen LogP contribution in [0.1, 0.15) is 29.8 Å². The van der Waals surface area contributed by atoms with Crippen molar-refractivity contribution < 1.29 is 19.1 Å². The Kier molecular flexibility index (Phi) is 6.77. The molecule has 0 aromatic heterocycles. The van der Waals surface area contributed by atoms with Crippen molar-refractivity contribution >= 4 is 23.3 Å². The first-order valence-corrected chi connectivity index (χ1v) is 8.58. The number of carbonyl (C=O) groups is 2. The molecule has 0 heterocycles. The summed E-state index contributed by atoms with van der Waals surface area (Å²) < 4.78 is 10.7. The quantitative estimate of drug-likeness (QED) is 0.566. The number of halogens is 1. The first-order valence-electron chi connectivity index (χ1n) is 8.20. The molecule has 0 atom stereocenters. The van der Waals surface area contributed by atoms with Crippen molar-refractivity contribution in [1.82, 2.24) is 5.32 Å². The van der Waals surface area contributed by atoms with E-state index in [1.165, 1.54) is 0 Å². The Hall–Kier alpha value is -2.37. The van der Waals surface area contributed by atoms with Crippen LogP contribution in [0.5, 0.6) is 5.75 Å². The molecule has 26 heavy (non-hydrogen) atoms. The zero-order valence-electron chi connectivity index (χ0n) is 15.0. The van der Waals surface area contributed by atoms with Gasteiger partial charge in [0.1, 0.15) is 5.75 Å². The summed E-state index contributed by atoms with van der Waals surface area (Å²) >= 11 is 5.84. The minimum atomic E-state index is -1.05. The van der Waals surface area contributed by atoms with Gasteiger partial charge in [-0.15, -0.1) is 0 Å². The van der Waals surface area contributed by atoms with E-state index in [2.05, 4.69) is 5.32 Å². The van der Waals surface area contributed by atoms with E-state index in [9.17, 15) is 9.59 Å². The highest BCUT2D eigenvalue weighted by molar-refractivity contribution is 6.30. The van der Waals surface area contributed by atoms with E-state index >= 15 is 0 Å². The number of ketones is 1. The van der Waals surface area contributed by atoms with E-state index in [0.717, 1.165) is 0 Å². The molecule has 0 saturated carbocycles. The number of ether oxygens (including phenoxy) is 2. The molecule has 2 aromatic carbocycles. The number of hydrogen-bond acceptors (Lipinski definition) is 4. The van der Waals surface area contributed by atoms with Gasteiger partial charge < -0.3 is 14.8 Å². The number of benzene rings is 2. The van der Waals surface area contributed by atoms with Gasteiger partial charge in [0.15, 0.2) is 11.4 Å². The van der Waals surface area contributed by atoms with Crippen LogP contribution >= 0.6 is 11.6 Å². The number of rotatable bonds is 8. The number of nitrogens with one attached hydrogen (secondary N) is 1. The maximum Gasteiger partial charge on any atom is 0.263 e. The summed E-state index contributed by atoms with van der Waals surface area (Å²) in [4.78, 5) is 24.6. The first kappa shape index (κ1) is 19.9. The SMILES string of the molecule is COCCNC(=O)C(C)(C)Oc1ccc(C(=O)c2ccc(Cl)cc2)cc1. The van der Waals surface area contributed by atoms with Gasteiger partial charge in [0, 0.05) is 29.8 Å². The first-order chi connectivity index (χ1) is 12.3. The van der Waals surface area contributed by atoms with Crippen LogP contribution in [0.2, 0.25) is 5.02 Å². The standard InChI is InChI=1S/C20H22ClNO4/c1-20(2,19(24)22-12-13-25-3)26-17-10-6-15(7-11-17)18(23)14-4-8-16(21)9-5-14/h4-11H,12-13H2,1-3H3,(H,22,24). The summed E-state index contributed by atoms with van der Waals surface area (Å²) in [6.45, 7) is 4.21. The molecule has 0 bridgehead atoms. The molecule has 0 saturated heterocycles. The maximum absolute atomic E-state index is 12.4. The van der Waals surface area contributed by atoms with E-state index in [4.69, 9.17) is 21.1 Å². The van der Waals surface area contributed by atoms with Crippen molar-refractivity contribution in [3.05, 3.63) is 64.7 Å². The van der Waals surface area contributed by atoms with Crippen LogP contribution < -0.4 is 10.1 Å². The predicted molar refractivity (Wildman–Crippen MR) is 101 cm³/mol. The van der Waals surface area contributed by atoms with Gasteiger partial charge in [0.25, 0.3) is 5.91 Å². The molecular weight excluding hydrogens is 354 g/mol. The molecule has 5 nitrogen and oxygen atoms in total. The van der Waals surface area contributed by atoms with Crippen LogP contribution in [0.25, 0.3) is 0 Å². The number of hydrogen-bond donors (Lipinski definition) is 1. The second-order valence-electron chi connectivity index (χ2n) is 6.22. The highest BCUT2D eigenvalue weighted by Crippen LogP contribution is 2.21. The largest absolute Gasteiger partial charge is 0.478 e. The van der Waals surface area contributed by atoms with Crippen LogP contribution in [0.3, 0.4) is 0 Å². The van der Waals surface area contributed by atoms with Crippen LogP contribution in [0, 0.1) is 0 Å². The Bertz CT molecular complexity index is 754. The van der Waals surface area contributed by atoms with Crippen molar-refractivity contribution in [3.63, 3.8) is 0 Å². The summed E-state index contributed by atoms with van der Waals surface area (Å²) in [6.07, 6.45) is 0. The molecule has 0 radical (unpaired) electrons. The Morgan fingerprint density at radius 3 is 2.08 bits per heavy atom. The third-order valence-corrected chi connectivity index (χ3v) is 3.99. The Labute approximate surface area is 158 Å². The highest BCUT2D eigenvalue weighted by Gasteiger charge is 2.29. The van der Waals surface area contributed by atoms with E-state index in [1.54, 1.807) is 69.5 Å². The molecule has 1 amide bonds. The van der Waals surface area contributed by atoms with Crippen molar-refractivity contribution in [3.8, 4) is 5.75 Å². The number of carbonyl (C=O) groups excluding carboxylic acids is 2. The molecule has 138 valence electrons. The van der Waals surface area contributed by atoms with E-state index in [-0.39, 0.29) is 11.7 Å². The third kappa shape index (κ3) is 5.31. The van der Waals surface area contributed by atoms with E-state index in [0.29, 0.717) is 35.1 Å². The van der Waals surface area contributed by atoms with Crippen molar-refractivity contribution in [1.29, 1.82) is 0 Å². The molecule has 2 aromatic rings. The summed E-state index contributed by atoms with van der Waals surface area (Å²) in [5, 5.41) is 3.33. The van der Waals surface area contributed by atoms with Crippen LogP contribution in [-0.2, 0) is 9.53 Å². The van der Waals surface area contributed by atoms with E-state index < -0.39 is 5.60 Å². The zero-order chi connectivity index (χ0) is 19.2. The lowest BCUT2D eigenvalue weighted by molar-refractivity contribution is -0.134. The lowest BCUT2D eigenvalue weighted by Crippen LogP contribution is -2.47. The molecular formula is C20H22ClNO4. The summed E-state index contributed by atoms with van der Waals surface area (Å²) in [5.74, 6) is 0.158. The number of amides is 1. The second-order valence-corrected chi connectivity index (χ2v) is 6.66. The van der Waals surface area contributed by atoms with Gasteiger partial charge >= 0.3 is 0 Å². The second kappa shape index (κ2) is 8.83.